The van der Waals surface area contributed by atoms with Crippen molar-refractivity contribution in [2.75, 3.05) is 11.5 Å². The highest BCUT2D eigenvalue weighted by atomic mass is 35.5. The minimum atomic E-state index is -3.17. The molecule has 29 heavy (non-hydrogen) atoms. The van der Waals surface area contributed by atoms with Crippen molar-refractivity contribution in [2.45, 2.75) is 19.0 Å². The van der Waals surface area contributed by atoms with Crippen LogP contribution in [0.2, 0.25) is 15.1 Å². The van der Waals surface area contributed by atoms with Crippen LogP contribution in [0.1, 0.15) is 21.7 Å². The van der Waals surface area contributed by atoms with Gasteiger partial charge in [0.1, 0.15) is 4.88 Å². The highest BCUT2D eigenvalue weighted by Gasteiger charge is 2.36. The van der Waals surface area contributed by atoms with Gasteiger partial charge in [0, 0.05) is 32.7 Å². The number of sulfone groups is 1. The Labute approximate surface area is 187 Å². The number of halogens is 3. The lowest BCUT2D eigenvalue weighted by Gasteiger charge is -2.28. The van der Waals surface area contributed by atoms with Crippen LogP contribution in [0.3, 0.4) is 0 Å². The molecule has 1 amide bonds. The van der Waals surface area contributed by atoms with Crippen LogP contribution in [0.25, 0.3) is 10.1 Å². The van der Waals surface area contributed by atoms with Gasteiger partial charge in [0.2, 0.25) is 0 Å². The summed E-state index contributed by atoms with van der Waals surface area (Å²) in [6, 6.07) is 12.1. The monoisotopic (exact) mass is 487 g/mol. The van der Waals surface area contributed by atoms with Crippen molar-refractivity contribution in [1.82, 2.24) is 4.90 Å². The second-order valence-corrected chi connectivity index (χ2v) is 11.5. The van der Waals surface area contributed by atoms with E-state index in [2.05, 4.69) is 0 Å². The highest BCUT2D eigenvalue weighted by molar-refractivity contribution is 7.91. The van der Waals surface area contributed by atoms with E-state index in [1.54, 1.807) is 29.2 Å². The predicted octanol–water partition coefficient (Wildman–Crippen LogP) is 5.69. The van der Waals surface area contributed by atoms with Crippen LogP contribution < -0.4 is 0 Å². The van der Waals surface area contributed by atoms with E-state index in [4.69, 9.17) is 34.8 Å². The molecule has 2 heterocycles. The van der Waals surface area contributed by atoms with Gasteiger partial charge in [0.25, 0.3) is 5.91 Å². The molecule has 4 rings (SSSR count). The first kappa shape index (κ1) is 20.9. The molecule has 0 aliphatic carbocycles. The Morgan fingerprint density at radius 1 is 1.14 bits per heavy atom. The van der Waals surface area contributed by atoms with Crippen LogP contribution in [0.15, 0.2) is 42.5 Å². The van der Waals surface area contributed by atoms with E-state index < -0.39 is 15.9 Å². The van der Waals surface area contributed by atoms with Gasteiger partial charge in [-0.1, -0.05) is 59.1 Å². The lowest BCUT2D eigenvalue weighted by atomic mass is 10.1. The third kappa shape index (κ3) is 4.28. The summed E-state index contributed by atoms with van der Waals surface area (Å²) in [7, 11) is -3.17. The molecule has 9 heteroatoms. The summed E-state index contributed by atoms with van der Waals surface area (Å²) < 4.78 is 24.9. The van der Waals surface area contributed by atoms with Gasteiger partial charge in [-0.2, -0.15) is 0 Å². The summed E-state index contributed by atoms with van der Waals surface area (Å²) in [6.07, 6.45) is 0.396. The summed E-state index contributed by atoms with van der Waals surface area (Å²) in [5.41, 5.74) is 0.757. The molecule has 0 N–H and O–H groups in total. The molecular formula is C20H16Cl3NO3S2. The van der Waals surface area contributed by atoms with Gasteiger partial charge in [0.15, 0.2) is 9.84 Å². The Hall–Kier alpha value is -1.31. The number of hydrogen-bond acceptors (Lipinski definition) is 4. The molecule has 3 aromatic rings. The number of hydrogen-bond donors (Lipinski definition) is 0. The molecule has 4 nitrogen and oxygen atoms in total. The van der Waals surface area contributed by atoms with Crippen molar-refractivity contribution < 1.29 is 13.2 Å². The van der Waals surface area contributed by atoms with E-state index in [0.29, 0.717) is 26.4 Å². The second-order valence-electron chi connectivity index (χ2n) is 6.97. The third-order valence-electron chi connectivity index (χ3n) is 4.99. The first-order valence-corrected chi connectivity index (χ1v) is 12.6. The molecular weight excluding hydrogens is 473 g/mol. The van der Waals surface area contributed by atoms with Crippen molar-refractivity contribution in [3.8, 4) is 0 Å². The number of carbonyl (C=O) groups is 1. The van der Waals surface area contributed by atoms with Gasteiger partial charge in [-0.3, -0.25) is 4.79 Å². The molecule has 1 saturated heterocycles. The minimum Gasteiger partial charge on any atom is -0.329 e. The standard InChI is InChI=1S/C20H16Cl3NO3S2/c21-13-5-6-15-17(9-13)28-19(18(15)23)20(25)24(14-7-8-29(26,27)11-14)10-12-3-1-2-4-16(12)22/h1-6,9,14H,7-8,10-11H2. The van der Waals surface area contributed by atoms with Crippen LogP contribution >= 0.6 is 46.1 Å². The quantitative estimate of drug-likeness (QED) is 0.474. The van der Waals surface area contributed by atoms with Crippen molar-refractivity contribution in [2.24, 2.45) is 0 Å². The second kappa shape index (κ2) is 8.08. The Morgan fingerprint density at radius 2 is 1.90 bits per heavy atom. The van der Waals surface area contributed by atoms with E-state index in [1.807, 2.05) is 18.2 Å². The number of amides is 1. The molecule has 0 spiro atoms. The summed E-state index contributed by atoms with van der Waals surface area (Å²) >= 11 is 20.1. The molecule has 1 fully saturated rings. The average Bonchev–Trinajstić information content (AvgIpc) is 3.19. The molecule has 0 saturated carbocycles. The molecule has 1 aromatic heterocycles. The Morgan fingerprint density at radius 3 is 2.59 bits per heavy atom. The maximum absolute atomic E-state index is 13.5. The van der Waals surface area contributed by atoms with Crippen molar-refractivity contribution in [3.05, 3.63) is 68.0 Å². The SMILES string of the molecule is O=C(c1sc2cc(Cl)ccc2c1Cl)N(Cc1ccccc1Cl)C1CCS(=O)(=O)C1. The van der Waals surface area contributed by atoms with Crippen molar-refractivity contribution in [3.63, 3.8) is 0 Å². The number of thiophene rings is 1. The largest absolute Gasteiger partial charge is 0.329 e. The maximum atomic E-state index is 13.5. The molecule has 1 atom stereocenters. The molecule has 0 bridgehead atoms. The van der Waals surface area contributed by atoms with E-state index in [1.165, 1.54) is 11.3 Å². The lowest BCUT2D eigenvalue weighted by molar-refractivity contribution is 0.0686. The van der Waals surface area contributed by atoms with Crippen LogP contribution in [0, 0.1) is 0 Å². The Bertz CT molecular complexity index is 1210. The first-order chi connectivity index (χ1) is 13.7. The van der Waals surface area contributed by atoms with Crippen LogP contribution in [0.4, 0.5) is 0 Å². The Balaban J connectivity index is 1.75. The summed E-state index contributed by atoms with van der Waals surface area (Å²) in [6.45, 7) is 0.212. The van der Waals surface area contributed by atoms with E-state index in [9.17, 15) is 13.2 Å². The normalized spacial score (nSPS) is 18.2. The predicted molar refractivity (Wildman–Crippen MR) is 120 cm³/mol. The summed E-state index contributed by atoms with van der Waals surface area (Å²) in [5.74, 6) is -0.286. The zero-order valence-corrected chi connectivity index (χ0v) is 19.0. The number of fused-ring (bicyclic) bond motifs is 1. The zero-order valence-electron chi connectivity index (χ0n) is 15.1. The van der Waals surface area contributed by atoms with Crippen molar-refractivity contribution >= 4 is 72.0 Å². The molecule has 1 aliphatic rings. The number of nitrogens with zero attached hydrogens (tertiary/aromatic N) is 1. The van der Waals surface area contributed by atoms with Gasteiger partial charge in [-0.05, 0) is 30.2 Å². The zero-order chi connectivity index (χ0) is 20.8. The van der Waals surface area contributed by atoms with Gasteiger partial charge in [0.05, 0.1) is 16.5 Å². The lowest BCUT2D eigenvalue weighted by Crippen LogP contribution is -2.40. The molecule has 2 aromatic carbocycles. The number of benzene rings is 2. The maximum Gasteiger partial charge on any atom is 0.266 e. The van der Waals surface area contributed by atoms with Gasteiger partial charge in [-0.25, -0.2) is 8.42 Å². The fourth-order valence-corrected chi connectivity index (χ4v) is 7.18. The van der Waals surface area contributed by atoms with Gasteiger partial charge >= 0.3 is 0 Å². The fourth-order valence-electron chi connectivity index (χ4n) is 3.51. The van der Waals surface area contributed by atoms with E-state index in [-0.39, 0.29) is 24.0 Å². The molecule has 1 aliphatic heterocycles. The van der Waals surface area contributed by atoms with Crippen LogP contribution in [0.5, 0.6) is 0 Å². The minimum absolute atomic E-state index is 0.0580. The van der Waals surface area contributed by atoms with Crippen LogP contribution in [-0.2, 0) is 16.4 Å². The molecule has 0 radical (unpaired) electrons. The summed E-state index contributed by atoms with van der Waals surface area (Å²) in [4.78, 5) is 15.5. The fraction of sp³-hybridized carbons (Fsp3) is 0.250. The van der Waals surface area contributed by atoms with Crippen molar-refractivity contribution in [1.29, 1.82) is 0 Å². The number of carbonyl (C=O) groups excluding carboxylic acids is 1. The van der Waals surface area contributed by atoms with E-state index in [0.717, 1.165) is 15.6 Å². The summed E-state index contributed by atoms with van der Waals surface area (Å²) in [5, 5.41) is 2.20. The Kier molecular flexibility index (Phi) is 5.84. The topological polar surface area (TPSA) is 54.5 Å². The van der Waals surface area contributed by atoms with Crippen LogP contribution in [-0.4, -0.2) is 36.8 Å². The number of rotatable bonds is 4. The van der Waals surface area contributed by atoms with Gasteiger partial charge in [-0.15, -0.1) is 11.3 Å². The highest BCUT2D eigenvalue weighted by Crippen LogP contribution is 2.38. The van der Waals surface area contributed by atoms with E-state index >= 15 is 0 Å². The van der Waals surface area contributed by atoms with Gasteiger partial charge < -0.3 is 4.90 Å². The molecule has 152 valence electrons. The molecule has 1 unspecified atom stereocenters. The smallest absolute Gasteiger partial charge is 0.266 e. The third-order valence-corrected chi connectivity index (χ3v) is 8.99. The first-order valence-electron chi connectivity index (χ1n) is 8.87. The average molecular weight is 489 g/mol.